The number of hydrogen-bond acceptors (Lipinski definition) is 3. The Kier molecular flexibility index (Phi) is 4.94. The molecule has 1 aromatic rings. The van der Waals surface area contributed by atoms with Crippen LogP contribution in [-0.2, 0) is 0 Å². The Morgan fingerprint density at radius 2 is 1.95 bits per heavy atom. The Hall–Kier alpha value is -0.900. The molecule has 1 saturated heterocycles. The number of likely N-dealkylation sites (tertiary alicyclic amines) is 1. The molecule has 1 N–H and O–H groups in total. The summed E-state index contributed by atoms with van der Waals surface area (Å²) in [7, 11) is 4.38. The SMILES string of the molecule is CN(C)CC1CCCN1C(CNC1CC1)c1ccccc1. The molecule has 3 nitrogen and oxygen atoms in total. The molecule has 1 heterocycles. The molecule has 2 unspecified atom stereocenters. The van der Waals surface area contributed by atoms with E-state index in [9.17, 15) is 0 Å². The van der Waals surface area contributed by atoms with Crippen LogP contribution in [0.3, 0.4) is 0 Å². The van der Waals surface area contributed by atoms with Gasteiger partial charge in [-0.1, -0.05) is 30.3 Å². The summed E-state index contributed by atoms with van der Waals surface area (Å²) in [5, 5.41) is 3.75. The second-order valence-corrected chi connectivity index (χ2v) is 6.91. The summed E-state index contributed by atoms with van der Waals surface area (Å²) in [6, 6.07) is 13.1. The molecule has 21 heavy (non-hydrogen) atoms. The van der Waals surface area contributed by atoms with Gasteiger partial charge in [0.25, 0.3) is 0 Å². The first-order valence-corrected chi connectivity index (χ1v) is 8.43. The van der Waals surface area contributed by atoms with Crippen molar-refractivity contribution in [2.75, 3.05) is 33.7 Å². The number of hydrogen-bond donors (Lipinski definition) is 1. The number of nitrogens with one attached hydrogen (secondary N) is 1. The maximum Gasteiger partial charge on any atom is 0.0476 e. The van der Waals surface area contributed by atoms with Crippen molar-refractivity contribution < 1.29 is 0 Å². The normalized spacial score (nSPS) is 24.6. The van der Waals surface area contributed by atoms with E-state index in [4.69, 9.17) is 0 Å². The molecule has 1 saturated carbocycles. The summed E-state index contributed by atoms with van der Waals surface area (Å²) >= 11 is 0. The van der Waals surface area contributed by atoms with E-state index in [-0.39, 0.29) is 0 Å². The molecule has 1 aromatic carbocycles. The molecule has 0 aromatic heterocycles. The van der Waals surface area contributed by atoms with Gasteiger partial charge in [0.1, 0.15) is 0 Å². The Morgan fingerprint density at radius 1 is 1.19 bits per heavy atom. The van der Waals surface area contributed by atoms with Crippen molar-refractivity contribution >= 4 is 0 Å². The van der Waals surface area contributed by atoms with Gasteiger partial charge in [0, 0.05) is 31.2 Å². The standard InChI is InChI=1S/C18H29N3/c1-20(2)14-17-9-6-12-21(17)18(13-19-16-10-11-16)15-7-4-3-5-8-15/h3-5,7-8,16-19H,6,9-14H2,1-2H3. The van der Waals surface area contributed by atoms with Crippen molar-refractivity contribution in [2.24, 2.45) is 0 Å². The van der Waals surface area contributed by atoms with Crippen LogP contribution in [0.4, 0.5) is 0 Å². The van der Waals surface area contributed by atoms with Crippen molar-refractivity contribution in [1.29, 1.82) is 0 Å². The van der Waals surface area contributed by atoms with Crippen molar-refractivity contribution in [2.45, 2.75) is 43.8 Å². The molecule has 3 rings (SSSR count). The first-order valence-electron chi connectivity index (χ1n) is 8.43. The fourth-order valence-electron chi connectivity index (χ4n) is 3.55. The number of benzene rings is 1. The lowest BCUT2D eigenvalue weighted by Gasteiger charge is -2.35. The van der Waals surface area contributed by atoms with Crippen LogP contribution in [0.2, 0.25) is 0 Å². The van der Waals surface area contributed by atoms with E-state index in [1.54, 1.807) is 0 Å². The van der Waals surface area contributed by atoms with Gasteiger partial charge in [0.2, 0.25) is 0 Å². The van der Waals surface area contributed by atoms with Crippen LogP contribution in [-0.4, -0.2) is 55.6 Å². The van der Waals surface area contributed by atoms with Crippen molar-refractivity contribution in [3.63, 3.8) is 0 Å². The largest absolute Gasteiger partial charge is 0.312 e. The van der Waals surface area contributed by atoms with Crippen LogP contribution in [0.1, 0.15) is 37.3 Å². The predicted molar refractivity (Wildman–Crippen MR) is 88.5 cm³/mol. The minimum atomic E-state index is 0.527. The molecule has 0 bridgehead atoms. The Morgan fingerprint density at radius 3 is 2.62 bits per heavy atom. The molecule has 0 spiro atoms. The fourth-order valence-corrected chi connectivity index (χ4v) is 3.55. The third kappa shape index (κ3) is 4.06. The van der Waals surface area contributed by atoms with Gasteiger partial charge in [0.05, 0.1) is 0 Å². The Labute approximate surface area is 129 Å². The average Bonchev–Trinajstić information content (AvgIpc) is 3.20. The van der Waals surface area contributed by atoms with Crippen LogP contribution < -0.4 is 5.32 Å². The van der Waals surface area contributed by atoms with Crippen LogP contribution in [0.25, 0.3) is 0 Å². The van der Waals surface area contributed by atoms with Gasteiger partial charge in [-0.05, 0) is 51.9 Å². The topological polar surface area (TPSA) is 18.5 Å². The summed E-state index contributed by atoms with van der Waals surface area (Å²) in [5.74, 6) is 0. The lowest BCUT2D eigenvalue weighted by molar-refractivity contribution is 0.149. The number of likely N-dealkylation sites (N-methyl/N-ethyl adjacent to an activating group) is 1. The highest BCUT2D eigenvalue weighted by molar-refractivity contribution is 5.20. The van der Waals surface area contributed by atoms with Gasteiger partial charge in [-0.15, -0.1) is 0 Å². The second-order valence-electron chi connectivity index (χ2n) is 6.91. The first kappa shape index (κ1) is 15.0. The lowest BCUT2D eigenvalue weighted by Crippen LogP contribution is -2.43. The molecule has 2 fully saturated rings. The summed E-state index contributed by atoms with van der Waals surface area (Å²) in [5.41, 5.74) is 1.47. The van der Waals surface area contributed by atoms with Crippen LogP contribution in [0.5, 0.6) is 0 Å². The second kappa shape index (κ2) is 6.91. The summed E-state index contributed by atoms with van der Waals surface area (Å²) in [6.45, 7) is 3.51. The zero-order valence-corrected chi connectivity index (χ0v) is 13.5. The van der Waals surface area contributed by atoms with Gasteiger partial charge in [0.15, 0.2) is 0 Å². The van der Waals surface area contributed by atoms with Gasteiger partial charge in [-0.3, -0.25) is 4.90 Å². The first-order chi connectivity index (χ1) is 10.2. The number of nitrogens with zero attached hydrogens (tertiary/aromatic N) is 2. The third-order valence-electron chi connectivity index (χ3n) is 4.76. The van der Waals surface area contributed by atoms with E-state index in [2.05, 4.69) is 59.5 Å². The summed E-state index contributed by atoms with van der Waals surface area (Å²) < 4.78 is 0. The van der Waals surface area contributed by atoms with Crippen LogP contribution in [0.15, 0.2) is 30.3 Å². The van der Waals surface area contributed by atoms with E-state index < -0.39 is 0 Å². The van der Waals surface area contributed by atoms with E-state index >= 15 is 0 Å². The van der Waals surface area contributed by atoms with Crippen LogP contribution >= 0.6 is 0 Å². The number of rotatable bonds is 7. The maximum atomic E-state index is 3.75. The van der Waals surface area contributed by atoms with Gasteiger partial charge < -0.3 is 10.2 Å². The van der Waals surface area contributed by atoms with Gasteiger partial charge in [-0.25, -0.2) is 0 Å². The van der Waals surface area contributed by atoms with Crippen molar-refractivity contribution in [3.8, 4) is 0 Å². The molecule has 1 aliphatic carbocycles. The lowest BCUT2D eigenvalue weighted by atomic mass is 10.0. The van der Waals surface area contributed by atoms with Crippen molar-refractivity contribution in [3.05, 3.63) is 35.9 Å². The Balaban J connectivity index is 1.73. The Bertz CT molecular complexity index is 427. The molecule has 2 aliphatic rings. The zero-order chi connectivity index (χ0) is 14.7. The van der Waals surface area contributed by atoms with E-state index in [0.29, 0.717) is 12.1 Å². The van der Waals surface area contributed by atoms with Crippen LogP contribution in [0, 0.1) is 0 Å². The van der Waals surface area contributed by atoms with E-state index in [1.807, 2.05) is 0 Å². The molecule has 3 heteroatoms. The zero-order valence-electron chi connectivity index (χ0n) is 13.5. The highest BCUT2D eigenvalue weighted by Gasteiger charge is 2.32. The minimum Gasteiger partial charge on any atom is -0.312 e. The molecule has 0 radical (unpaired) electrons. The minimum absolute atomic E-state index is 0.527. The smallest absolute Gasteiger partial charge is 0.0476 e. The average molecular weight is 287 g/mol. The predicted octanol–water partition coefficient (Wildman–Crippen LogP) is 2.51. The third-order valence-corrected chi connectivity index (χ3v) is 4.76. The molecule has 1 aliphatic heterocycles. The van der Waals surface area contributed by atoms with E-state index in [1.165, 1.54) is 44.3 Å². The monoisotopic (exact) mass is 287 g/mol. The molecule has 116 valence electrons. The molecular formula is C18H29N3. The highest BCUT2D eigenvalue weighted by atomic mass is 15.3. The maximum absolute atomic E-state index is 3.75. The quantitative estimate of drug-likeness (QED) is 0.831. The fraction of sp³-hybridized carbons (Fsp3) is 0.667. The summed E-state index contributed by atoms with van der Waals surface area (Å²) in [4.78, 5) is 5.07. The van der Waals surface area contributed by atoms with E-state index in [0.717, 1.165) is 12.6 Å². The molecule has 2 atom stereocenters. The molecular weight excluding hydrogens is 258 g/mol. The van der Waals surface area contributed by atoms with Gasteiger partial charge in [-0.2, -0.15) is 0 Å². The molecule has 0 amide bonds. The highest BCUT2D eigenvalue weighted by Crippen LogP contribution is 2.30. The van der Waals surface area contributed by atoms with Gasteiger partial charge >= 0.3 is 0 Å². The van der Waals surface area contributed by atoms with Crippen molar-refractivity contribution in [1.82, 2.24) is 15.1 Å². The summed E-state index contributed by atoms with van der Waals surface area (Å²) in [6.07, 6.45) is 5.40.